The van der Waals surface area contributed by atoms with E-state index in [4.69, 9.17) is 5.73 Å². The van der Waals surface area contributed by atoms with E-state index in [9.17, 15) is 13.2 Å². The van der Waals surface area contributed by atoms with Crippen LogP contribution in [0.25, 0.3) is 0 Å². The summed E-state index contributed by atoms with van der Waals surface area (Å²) in [6, 6.07) is 3.51. The molecule has 1 aromatic rings. The molecule has 7 heteroatoms. The third-order valence-corrected chi connectivity index (χ3v) is 2.79. The highest BCUT2D eigenvalue weighted by atomic mass is 32.2. The number of hydrogen-bond donors (Lipinski definition) is 1. The van der Waals surface area contributed by atoms with E-state index >= 15 is 0 Å². The SMILES string of the molecule is Nc1ccc(SCCCOCC(F)(F)F)cn1. The second-order valence-corrected chi connectivity index (χ2v) is 4.46. The maximum absolute atomic E-state index is 11.7. The molecule has 3 nitrogen and oxygen atoms in total. The minimum atomic E-state index is -4.24. The van der Waals surface area contributed by atoms with Crippen molar-refractivity contribution in [1.29, 1.82) is 0 Å². The van der Waals surface area contributed by atoms with Gasteiger partial charge in [0.1, 0.15) is 12.4 Å². The number of hydrogen-bond acceptors (Lipinski definition) is 4. The number of rotatable bonds is 6. The van der Waals surface area contributed by atoms with Crippen LogP contribution in [0.2, 0.25) is 0 Å². The summed E-state index contributed by atoms with van der Waals surface area (Å²) in [5.41, 5.74) is 5.41. The van der Waals surface area contributed by atoms with Crippen molar-refractivity contribution in [1.82, 2.24) is 4.98 Å². The van der Waals surface area contributed by atoms with Gasteiger partial charge < -0.3 is 10.5 Å². The Morgan fingerprint density at radius 2 is 2.12 bits per heavy atom. The Balaban J connectivity index is 2.07. The summed E-state index contributed by atoms with van der Waals surface area (Å²) < 4.78 is 39.6. The number of nitrogens with zero attached hydrogens (tertiary/aromatic N) is 1. The summed E-state index contributed by atoms with van der Waals surface area (Å²) in [5.74, 6) is 1.13. The number of ether oxygens (including phenoxy) is 1. The molecule has 17 heavy (non-hydrogen) atoms. The Morgan fingerprint density at radius 3 is 2.71 bits per heavy atom. The van der Waals surface area contributed by atoms with Gasteiger partial charge in [-0.25, -0.2) is 4.98 Å². The molecule has 0 aliphatic heterocycles. The fourth-order valence-corrected chi connectivity index (χ4v) is 1.81. The molecule has 0 saturated carbocycles. The Labute approximate surface area is 102 Å². The quantitative estimate of drug-likeness (QED) is 0.635. The zero-order valence-electron chi connectivity index (χ0n) is 9.04. The maximum Gasteiger partial charge on any atom is 0.411 e. The highest BCUT2D eigenvalue weighted by Gasteiger charge is 2.27. The molecular formula is C10H13F3N2OS. The zero-order chi connectivity index (χ0) is 12.7. The largest absolute Gasteiger partial charge is 0.411 e. The van der Waals surface area contributed by atoms with Gasteiger partial charge in [0, 0.05) is 23.5 Å². The Hall–Kier alpha value is -0.950. The van der Waals surface area contributed by atoms with Gasteiger partial charge in [0.25, 0.3) is 0 Å². The third-order valence-electron chi connectivity index (χ3n) is 1.73. The van der Waals surface area contributed by atoms with Crippen LogP contribution in [0.5, 0.6) is 0 Å². The number of anilines is 1. The highest BCUT2D eigenvalue weighted by molar-refractivity contribution is 7.99. The second kappa shape index (κ2) is 6.70. The van der Waals surface area contributed by atoms with E-state index in [2.05, 4.69) is 9.72 Å². The molecular weight excluding hydrogens is 253 g/mol. The van der Waals surface area contributed by atoms with Crippen molar-refractivity contribution < 1.29 is 17.9 Å². The lowest BCUT2D eigenvalue weighted by Gasteiger charge is -2.07. The molecule has 0 saturated heterocycles. The first-order chi connectivity index (χ1) is 7.97. The van der Waals surface area contributed by atoms with Crippen molar-refractivity contribution in [3.8, 4) is 0 Å². The smallest absolute Gasteiger partial charge is 0.384 e. The van der Waals surface area contributed by atoms with Crippen molar-refractivity contribution in [2.24, 2.45) is 0 Å². The molecule has 0 radical (unpaired) electrons. The summed E-state index contributed by atoms with van der Waals surface area (Å²) in [6.07, 6.45) is -2.05. The predicted molar refractivity (Wildman–Crippen MR) is 60.9 cm³/mol. The van der Waals surface area contributed by atoms with Crippen LogP contribution in [0.15, 0.2) is 23.2 Å². The van der Waals surface area contributed by atoms with Crippen LogP contribution in [-0.4, -0.2) is 30.1 Å². The van der Waals surface area contributed by atoms with Gasteiger partial charge in [-0.2, -0.15) is 13.2 Å². The monoisotopic (exact) mass is 266 g/mol. The van der Waals surface area contributed by atoms with Gasteiger partial charge in [0.2, 0.25) is 0 Å². The first kappa shape index (κ1) is 14.1. The molecule has 2 N–H and O–H groups in total. The molecule has 0 unspecified atom stereocenters. The fraction of sp³-hybridized carbons (Fsp3) is 0.500. The molecule has 1 heterocycles. The molecule has 0 atom stereocenters. The van der Waals surface area contributed by atoms with Gasteiger partial charge in [0.05, 0.1) is 0 Å². The number of thioether (sulfide) groups is 1. The molecule has 0 aliphatic carbocycles. The predicted octanol–water partition coefficient (Wildman–Crippen LogP) is 2.72. The Bertz CT molecular complexity index is 329. The number of alkyl halides is 3. The minimum Gasteiger partial charge on any atom is -0.384 e. The first-order valence-corrected chi connectivity index (χ1v) is 5.95. The van der Waals surface area contributed by atoms with Crippen LogP contribution in [0.4, 0.5) is 19.0 Å². The molecule has 0 bridgehead atoms. The summed E-state index contributed by atoms with van der Waals surface area (Å²) in [4.78, 5) is 4.84. The molecule has 1 rings (SSSR count). The summed E-state index contributed by atoms with van der Waals surface area (Å²) >= 11 is 1.51. The average Bonchev–Trinajstić information content (AvgIpc) is 2.24. The normalized spacial score (nSPS) is 11.7. The van der Waals surface area contributed by atoms with E-state index in [1.165, 1.54) is 11.8 Å². The molecule has 0 amide bonds. The van der Waals surface area contributed by atoms with Gasteiger partial charge in [-0.1, -0.05) is 0 Å². The van der Waals surface area contributed by atoms with Crippen molar-refractivity contribution >= 4 is 17.6 Å². The lowest BCUT2D eigenvalue weighted by molar-refractivity contribution is -0.173. The number of nitrogen functional groups attached to an aromatic ring is 1. The van der Waals surface area contributed by atoms with E-state index in [0.29, 0.717) is 18.0 Å². The average molecular weight is 266 g/mol. The van der Waals surface area contributed by atoms with Crippen molar-refractivity contribution in [2.45, 2.75) is 17.5 Å². The maximum atomic E-state index is 11.7. The second-order valence-electron chi connectivity index (χ2n) is 3.29. The van der Waals surface area contributed by atoms with Crippen LogP contribution >= 0.6 is 11.8 Å². The van der Waals surface area contributed by atoms with Gasteiger partial charge in [-0.15, -0.1) is 11.8 Å². The van der Waals surface area contributed by atoms with Crippen LogP contribution in [0, 0.1) is 0 Å². The van der Waals surface area contributed by atoms with Crippen LogP contribution in [0.3, 0.4) is 0 Å². The van der Waals surface area contributed by atoms with Crippen LogP contribution in [-0.2, 0) is 4.74 Å². The topological polar surface area (TPSA) is 48.1 Å². The van der Waals surface area contributed by atoms with Crippen LogP contribution in [0.1, 0.15) is 6.42 Å². The van der Waals surface area contributed by atoms with Crippen molar-refractivity contribution in [3.05, 3.63) is 18.3 Å². The summed E-state index contributed by atoms with van der Waals surface area (Å²) in [6.45, 7) is -1.07. The molecule has 96 valence electrons. The van der Waals surface area contributed by atoms with E-state index in [-0.39, 0.29) is 6.61 Å². The van der Waals surface area contributed by atoms with Gasteiger partial charge in [0.15, 0.2) is 0 Å². The number of nitrogens with two attached hydrogens (primary N) is 1. The van der Waals surface area contributed by atoms with Gasteiger partial charge in [-0.3, -0.25) is 0 Å². The van der Waals surface area contributed by atoms with Gasteiger partial charge in [-0.05, 0) is 18.6 Å². The van der Waals surface area contributed by atoms with E-state index < -0.39 is 12.8 Å². The lowest BCUT2D eigenvalue weighted by atomic mass is 10.5. The summed E-state index contributed by atoms with van der Waals surface area (Å²) in [5, 5.41) is 0. The minimum absolute atomic E-state index is 0.106. The number of pyridine rings is 1. The summed E-state index contributed by atoms with van der Waals surface area (Å²) in [7, 11) is 0. The molecule has 0 aromatic carbocycles. The number of halogens is 3. The Kier molecular flexibility index (Phi) is 5.57. The zero-order valence-corrected chi connectivity index (χ0v) is 9.85. The Morgan fingerprint density at radius 1 is 1.35 bits per heavy atom. The van der Waals surface area contributed by atoms with E-state index in [0.717, 1.165) is 4.90 Å². The number of aromatic nitrogens is 1. The van der Waals surface area contributed by atoms with E-state index in [1.54, 1.807) is 12.3 Å². The standard InChI is InChI=1S/C10H13F3N2OS/c11-10(12,13)7-16-4-1-5-17-8-2-3-9(14)15-6-8/h2-3,6H,1,4-5,7H2,(H2,14,15). The highest BCUT2D eigenvalue weighted by Crippen LogP contribution is 2.18. The molecule has 1 aromatic heterocycles. The lowest BCUT2D eigenvalue weighted by Crippen LogP contribution is -2.17. The molecule has 0 fully saturated rings. The fourth-order valence-electron chi connectivity index (χ4n) is 1.02. The van der Waals surface area contributed by atoms with Crippen LogP contribution < -0.4 is 5.73 Å². The van der Waals surface area contributed by atoms with E-state index in [1.807, 2.05) is 6.07 Å². The molecule has 0 aliphatic rings. The molecule has 0 spiro atoms. The van der Waals surface area contributed by atoms with Crippen molar-refractivity contribution in [2.75, 3.05) is 24.7 Å². The van der Waals surface area contributed by atoms with Crippen molar-refractivity contribution in [3.63, 3.8) is 0 Å². The first-order valence-electron chi connectivity index (χ1n) is 4.96. The van der Waals surface area contributed by atoms with Gasteiger partial charge >= 0.3 is 6.18 Å². The third kappa shape index (κ3) is 7.06.